The molecule has 7 heteroatoms. The molecule has 0 aliphatic carbocycles. The van der Waals surface area contributed by atoms with Gasteiger partial charge in [0, 0.05) is 24.9 Å². The number of hydrogen-bond donors (Lipinski definition) is 2. The number of ether oxygens (including phenoxy) is 1. The summed E-state index contributed by atoms with van der Waals surface area (Å²) in [7, 11) is -3.26. The molecule has 0 aromatic heterocycles. The van der Waals surface area contributed by atoms with Crippen LogP contribution in [0.3, 0.4) is 0 Å². The molecule has 112 valence electrons. The van der Waals surface area contributed by atoms with E-state index in [0.29, 0.717) is 25.3 Å². The SMILES string of the molecule is CS(=O)(=O)c1ccc(C2(O)CN(CCO)CCO2)cc1. The van der Waals surface area contributed by atoms with Gasteiger partial charge in [-0.1, -0.05) is 12.1 Å². The molecule has 1 aliphatic heterocycles. The molecule has 20 heavy (non-hydrogen) atoms. The third-order valence-electron chi connectivity index (χ3n) is 3.34. The van der Waals surface area contributed by atoms with Crippen molar-refractivity contribution in [2.24, 2.45) is 0 Å². The maximum Gasteiger partial charge on any atom is 0.205 e. The summed E-state index contributed by atoms with van der Waals surface area (Å²) >= 11 is 0. The number of rotatable bonds is 4. The summed E-state index contributed by atoms with van der Waals surface area (Å²) in [5, 5.41) is 19.5. The van der Waals surface area contributed by atoms with Crippen LogP contribution in [0.2, 0.25) is 0 Å². The van der Waals surface area contributed by atoms with E-state index in [1.54, 1.807) is 12.1 Å². The van der Waals surface area contributed by atoms with Gasteiger partial charge in [-0.15, -0.1) is 0 Å². The molecule has 1 heterocycles. The third-order valence-corrected chi connectivity index (χ3v) is 4.46. The van der Waals surface area contributed by atoms with Gasteiger partial charge in [-0.05, 0) is 12.1 Å². The Morgan fingerprint density at radius 3 is 2.55 bits per heavy atom. The van der Waals surface area contributed by atoms with Crippen LogP contribution in [0.15, 0.2) is 29.2 Å². The van der Waals surface area contributed by atoms with E-state index < -0.39 is 15.6 Å². The summed E-state index contributed by atoms with van der Waals surface area (Å²) in [5.41, 5.74) is 0.507. The third kappa shape index (κ3) is 3.36. The van der Waals surface area contributed by atoms with Gasteiger partial charge in [0.1, 0.15) is 0 Å². The average molecular weight is 301 g/mol. The van der Waals surface area contributed by atoms with Crippen molar-refractivity contribution < 1.29 is 23.4 Å². The Kier molecular flexibility index (Phi) is 4.46. The Bertz CT molecular complexity index is 555. The molecule has 0 radical (unpaired) electrons. The summed E-state index contributed by atoms with van der Waals surface area (Å²) in [6.45, 7) is 1.72. The van der Waals surface area contributed by atoms with Crippen LogP contribution in [0.4, 0.5) is 0 Å². The number of aliphatic hydroxyl groups excluding tert-OH is 1. The van der Waals surface area contributed by atoms with Crippen molar-refractivity contribution in [1.29, 1.82) is 0 Å². The minimum atomic E-state index is -3.26. The minimum absolute atomic E-state index is 0.0170. The largest absolute Gasteiger partial charge is 0.395 e. The molecular formula is C13H19NO5S. The number of aliphatic hydroxyl groups is 2. The molecule has 0 spiro atoms. The molecule has 1 aromatic carbocycles. The molecule has 0 saturated carbocycles. The lowest BCUT2D eigenvalue weighted by atomic mass is 10.0. The molecule has 6 nitrogen and oxygen atoms in total. The summed E-state index contributed by atoms with van der Waals surface area (Å²) in [5.74, 6) is -1.47. The van der Waals surface area contributed by atoms with Gasteiger partial charge in [0.25, 0.3) is 0 Å². The summed E-state index contributed by atoms with van der Waals surface area (Å²) in [6, 6.07) is 6.02. The monoisotopic (exact) mass is 301 g/mol. The van der Waals surface area contributed by atoms with Gasteiger partial charge in [0.05, 0.1) is 24.7 Å². The maximum atomic E-state index is 11.4. The number of benzene rings is 1. The van der Waals surface area contributed by atoms with E-state index >= 15 is 0 Å². The fraction of sp³-hybridized carbons (Fsp3) is 0.538. The lowest BCUT2D eigenvalue weighted by molar-refractivity contribution is -0.248. The van der Waals surface area contributed by atoms with Crippen LogP contribution in [-0.2, 0) is 20.4 Å². The number of β-amino-alcohol motifs (C(OH)–C–C–N with tert-alkyl or cyclic N) is 2. The predicted molar refractivity (Wildman–Crippen MR) is 72.9 cm³/mol. The van der Waals surface area contributed by atoms with E-state index in [1.165, 1.54) is 12.1 Å². The zero-order valence-electron chi connectivity index (χ0n) is 11.3. The Hall–Kier alpha value is -0.990. The van der Waals surface area contributed by atoms with Crippen molar-refractivity contribution >= 4 is 9.84 Å². The van der Waals surface area contributed by atoms with Gasteiger partial charge in [0.15, 0.2) is 9.84 Å². The Labute approximate surface area is 118 Å². The Balaban J connectivity index is 2.21. The number of nitrogens with zero attached hydrogens (tertiary/aromatic N) is 1. The molecule has 0 amide bonds. The first-order valence-corrected chi connectivity index (χ1v) is 8.24. The smallest absolute Gasteiger partial charge is 0.205 e. The molecule has 1 unspecified atom stereocenters. The molecule has 0 bridgehead atoms. The number of sulfone groups is 1. The van der Waals surface area contributed by atoms with Crippen molar-refractivity contribution in [2.75, 3.05) is 39.1 Å². The van der Waals surface area contributed by atoms with E-state index in [4.69, 9.17) is 9.84 Å². The van der Waals surface area contributed by atoms with Gasteiger partial charge in [0.2, 0.25) is 5.79 Å². The highest BCUT2D eigenvalue weighted by atomic mass is 32.2. The van der Waals surface area contributed by atoms with Gasteiger partial charge in [-0.2, -0.15) is 0 Å². The van der Waals surface area contributed by atoms with Gasteiger partial charge >= 0.3 is 0 Å². The highest BCUT2D eigenvalue weighted by Gasteiger charge is 2.36. The summed E-state index contributed by atoms with van der Waals surface area (Å²) in [4.78, 5) is 2.10. The van der Waals surface area contributed by atoms with E-state index in [-0.39, 0.29) is 18.0 Å². The van der Waals surface area contributed by atoms with Crippen LogP contribution < -0.4 is 0 Å². The van der Waals surface area contributed by atoms with Gasteiger partial charge in [-0.3, -0.25) is 4.90 Å². The van der Waals surface area contributed by atoms with Crippen LogP contribution in [0, 0.1) is 0 Å². The zero-order chi connectivity index (χ0) is 14.8. The molecular weight excluding hydrogens is 282 g/mol. The molecule has 1 atom stereocenters. The molecule has 2 rings (SSSR count). The standard InChI is InChI=1S/C13H19NO5S/c1-20(17,18)12-4-2-11(3-5-12)13(16)10-14(6-8-15)7-9-19-13/h2-5,15-16H,6-10H2,1H3. The van der Waals surface area contributed by atoms with Crippen LogP contribution in [0.25, 0.3) is 0 Å². The Morgan fingerprint density at radius 1 is 1.35 bits per heavy atom. The highest BCUT2D eigenvalue weighted by Crippen LogP contribution is 2.27. The molecule has 1 fully saturated rings. The van der Waals surface area contributed by atoms with E-state index in [1.807, 2.05) is 4.90 Å². The first kappa shape index (κ1) is 15.4. The summed E-state index contributed by atoms with van der Waals surface area (Å²) in [6.07, 6.45) is 1.14. The van der Waals surface area contributed by atoms with Gasteiger partial charge < -0.3 is 14.9 Å². The lowest BCUT2D eigenvalue weighted by Gasteiger charge is -2.39. The second-order valence-corrected chi connectivity index (χ2v) is 6.94. The van der Waals surface area contributed by atoms with Crippen LogP contribution in [0.5, 0.6) is 0 Å². The quantitative estimate of drug-likeness (QED) is 0.784. The molecule has 1 aliphatic rings. The predicted octanol–water partition coefficient (Wildman–Crippen LogP) is -0.440. The van der Waals surface area contributed by atoms with Crippen molar-refractivity contribution in [3.63, 3.8) is 0 Å². The molecule has 2 N–H and O–H groups in total. The maximum absolute atomic E-state index is 11.4. The topological polar surface area (TPSA) is 87.1 Å². The van der Waals surface area contributed by atoms with E-state index in [0.717, 1.165) is 6.26 Å². The van der Waals surface area contributed by atoms with Gasteiger partial charge in [-0.25, -0.2) is 8.42 Å². The lowest BCUT2D eigenvalue weighted by Crippen LogP contribution is -2.50. The van der Waals surface area contributed by atoms with Crippen molar-refractivity contribution in [3.8, 4) is 0 Å². The normalized spacial score (nSPS) is 24.8. The second-order valence-electron chi connectivity index (χ2n) is 4.93. The molecule has 1 saturated heterocycles. The van der Waals surface area contributed by atoms with Crippen LogP contribution in [0.1, 0.15) is 5.56 Å². The summed E-state index contributed by atoms with van der Waals surface area (Å²) < 4.78 is 28.3. The first-order valence-electron chi connectivity index (χ1n) is 6.35. The number of morpholine rings is 1. The van der Waals surface area contributed by atoms with E-state index in [9.17, 15) is 13.5 Å². The van der Waals surface area contributed by atoms with Crippen molar-refractivity contribution in [1.82, 2.24) is 4.90 Å². The highest BCUT2D eigenvalue weighted by molar-refractivity contribution is 7.90. The fourth-order valence-corrected chi connectivity index (χ4v) is 2.87. The Morgan fingerprint density at radius 2 is 2.00 bits per heavy atom. The molecule has 1 aromatic rings. The minimum Gasteiger partial charge on any atom is -0.395 e. The second kappa shape index (κ2) is 5.79. The number of hydrogen-bond acceptors (Lipinski definition) is 6. The van der Waals surface area contributed by atoms with Crippen molar-refractivity contribution in [2.45, 2.75) is 10.7 Å². The first-order chi connectivity index (χ1) is 9.35. The van der Waals surface area contributed by atoms with E-state index in [2.05, 4.69) is 0 Å². The zero-order valence-corrected chi connectivity index (χ0v) is 12.1. The van der Waals surface area contributed by atoms with Crippen molar-refractivity contribution in [3.05, 3.63) is 29.8 Å². The van der Waals surface area contributed by atoms with Crippen LogP contribution in [-0.4, -0.2) is 62.6 Å². The fourth-order valence-electron chi connectivity index (χ4n) is 2.24. The average Bonchev–Trinajstić information content (AvgIpc) is 2.38. The van der Waals surface area contributed by atoms with Crippen LogP contribution >= 0.6 is 0 Å².